The Morgan fingerprint density at radius 1 is 1.45 bits per heavy atom. The second-order valence-corrected chi connectivity index (χ2v) is 7.85. The van der Waals surface area contributed by atoms with Gasteiger partial charge in [-0.25, -0.2) is 4.79 Å². The molecule has 1 N–H and O–H groups in total. The monoisotopic (exact) mass is 308 g/mol. The van der Waals surface area contributed by atoms with Crippen molar-refractivity contribution >= 4 is 6.09 Å². The fourth-order valence-electron chi connectivity index (χ4n) is 2.98. The SMILES string of the molecule is CC(CC1CCC1)NCC1=CCN(C(=O)OC(C)(C)C)CC1. The highest BCUT2D eigenvalue weighted by atomic mass is 16.6. The molecule has 0 bridgehead atoms. The third-order valence-corrected chi connectivity index (χ3v) is 4.54. The molecule has 1 atom stereocenters. The van der Waals surface area contributed by atoms with E-state index in [9.17, 15) is 4.79 Å². The van der Waals surface area contributed by atoms with E-state index >= 15 is 0 Å². The molecule has 1 fully saturated rings. The summed E-state index contributed by atoms with van der Waals surface area (Å²) in [4.78, 5) is 13.8. The van der Waals surface area contributed by atoms with Gasteiger partial charge in [0.2, 0.25) is 0 Å². The lowest BCUT2D eigenvalue weighted by Crippen LogP contribution is -2.40. The van der Waals surface area contributed by atoms with Gasteiger partial charge in [0, 0.05) is 25.7 Å². The van der Waals surface area contributed by atoms with Crippen molar-refractivity contribution in [3.8, 4) is 0 Å². The van der Waals surface area contributed by atoms with Crippen LogP contribution in [0.3, 0.4) is 0 Å². The Balaban J connectivity index is 1.68. The summed E-state index contributed by atoms with van der Waals surface area (Å²) in [5.41, 5.74) is 1.000. The van der Waals surface area contributed by atoms with Gasteiger partial charge in [-0.2, -0.15) is 0 Å². The summed E-state index contributed by atoms with van der Waals surface area (Å²) >= 11 is 0. The molecule has 4 nitrogen and oxygen atoms in total. The summed E-state index contributed by atoms with van der Waals surface area (Å²) in [5.74, 6) is 0.950. The maximum atomic E-state index is 12.0. The minimum Gasteiger partial charge on any atom is -0.444 e. The lowest BCUT2D eigenvalue weighted by Gasteiger charge is -2.31. The molecule has 0 aromatic rings. The van der Waals surface area contributed by atoms with E-state index in [4.69, 9.17) is 4.74 Å². The van der Waals surface area contributed by atoms with Gasteiger partial charge in [-0.05, 0) is 46.5 Å². The molecular formula is C18H32N2O2. The van der Waals surface area contributed by atoms with Gasteiger partial charge >= 0.3 is 6.09 Å². The van der Waals surface area contributed by atoms with E-state index in [0.717, 1.165) is 25.4 Å². The third-order valence-electron chi connectivity index (χ3n) is 4.54. The molecule has 0 aromatic heterocycles. The van der Waals surface area contributed by atoms with Gasteiger partial charge in [0.15, 0.2) is 0 Å². The van der Waals surface area contributed by atoms with Gasteiger partial charge in [-0.3, -0.25) is 0 Å². The van der Waals surface area contributed by atoms with Crippen LogP contribution in [0.5, 0.6) is 0 Å². The van der Waals surface area contributed by atoms with Crippen molar-refractivity contribution in [1.29, 1.82) is 0 Å². The van der Waals surface area contributed by atoms with Gasteiger partial charge in [-0.15, -0.1) is 0 Å². The Morgan fingerprint density at radius 2 is 2.18 bits per heavy atom. The van der Waals surface area contributed by atoms with E-state index in [2.05, 4.69) is 18.3 Å². The summed E-state index contributed by atoms with van der Waals surface area (Å²) in [7, 11) is 0. The number of ether oxygens (including phenoxy) is 1. The first-order valence-corrected chi connectivity index (χ1v) is 8.73. The van der Waals surface area contributed by atoms with Crippen LogP contribution in [0.15, 0.2) is 11.6 Å². The van der Waals surface area contributed by atoms with Crippen LogP contribution >= 0.6 is 0 Å². The number of amides is 1. The Bertz CT molecular complexity index is 408. The van der Waals surface area contributed by atoms with Crippen molar-refractivity contribution in [3.05, 3.63) is 11.6 Å². The first-order chi connectivity index (χ1) is 10.3. The summed E-state index contributed by atoms with van der Waals surface area (Å²) in [6.07, 6.45) is 8.48. The molecule has 22 heavy (non-hydrogen) atoms. The van der Waals surface area contributed by atoms with E-state index < -0.39 is 5.60 Å². The number of rotatable bonds is 5. The average Bonchev–Trinajstić information content (AvgIpc) is 2.39. The normalized spacial score (nSPS) is 21.1. The van der Waals surface area contributed by atoms with Gasteiger partial charge in [-0.1, -0.05) is 30.9 Å². The maximum Gasteiger partial charge on any atom is 0.410 e. The van der Waals surface area contributed by atoms with Crippen LogP contribution < -0.4 is 5.32 Å². The molecule has 2 rings (SSSR count). The Labute approximate surface area is 135 Å². The van der Waals surface area contributed by atoms with Crippen molar-refractivity contribution < 1.29 is 9.53 Å². The van der Waals surface area contributed by atoms with Crippen LogP contribution in [0.4, 0.5) is 4.79 Å². The minimum atomic E-state index is -0.417. The van der Waals surface area contributed by atoms with E-state index in [-0.39, 0.29) is 6.09 Å². The predicted molar refractivity (Wildman–Crippen MR) is 89.9 cm³/mol. The minimum absolute atomic E-state index is 0.200. The first kappa shape index (κ1) is 17.3. The number of carbonyl (C=O) groups excluding carboxylic acids is 1. The smallest absolute Gasteiger partial charge is 0.410 e. The van der Waals surface area contributed by atoms with Crippen LogP contribution in [0.2, 0.25) is 0 Å². The Morgan fingerprint density at radius 3 is 2.68 bits per heavy atom. The van der Waals surface area contributed by atoms with Crippen LogP contribution in [-0.2, 0) is 4.74 Å². The van der Waals surface area contributed by atoms with Crippen LogP contribution in [0.25, 0.3) is 0 Å². The van der Waals surface area contributed by atoms with Crippen LogP contribution in [-0.4, -0.2) is 42.3 Å². The van der Waals surface area contributed by atoms with Gasteiger partial charge in [0.25, 0.3) is 0 Å². The summed E-state index contributed by atoms with van der Waals surface area (Å²) in [6, 6.07) is 0.593. The van der Waals surface area contributed by atoms with Crippen LogP contribution in [0, 0.1) is 5.92 Å². The van der Waals surface area contributed by atoms with Crippen molar-refractivity contribution in [3.63, 3.8) is 0 Å². The summed E-state index contributed by atoms with van der Waals surface area (Å²) < 4.78 is 5.42. The number of carbonyl (C=O) groups is 1. The molecule has 0 spiro atoms. The highest BCUT2D eigenvalue weighted by Crippen LogP contribution is 2.30. The molecule has 0 saturated heterocycles. The molecule has 1 amide bonds. The quantitative estimate of drug-likeness (QED) is 0.787. The molecule has 4 heteroatoms. The number of nitrogens with one attached hydrogen (secondary N) is 1. The highest BCUT2D eigenvalue weighted by Gasteiger charge is 2.24. The summed E-state index contributed by atoms with van der Waals surface area (Å²) in [5, 5.41) is 3.63. The fourth-order valence-corrected chi connectivity index (χ4v) is 2.98. The van der Waals surface area contributed by atoms with E-state index in [1.165, 1.54) is 31.3 Å². The molecule has 1 aliphatic carbocycles. The standard InChI is InChI=1S/C18H32N2O2/c1-14(12-15-6-5-7-15)19-13-16-8-10-20(11-9-16)17(21)22-18(2,3)4/h8,14-15,19H,5-7,9-13H2,1-4H3. The van der Waals surface area contributed by atoms with E-state index in [1.807, 2.05) is 20.8 Å². The van der Waals surface area contributed by atoms with E-state index in [1.54, 1.807) is 4.90 Å². The average molecular weight is 308 g/mol. The molecule has 1 heterocycles. The second kappa shape index (κ2) is 7.49. The van der Waals surface area contributed by atoms with Crippen molar-refractivity contribution in [2.75, 3.05) is 19.6 Å². The lowest BCUT2D eigenvalue weighted by molar-refractivity contribution is 0.0265. The van der Waals surface area contributed by atoms with Gasteiger partial charge < -0.3 is 15.0 Å². The summed E-state index contributed by atoms with van der Waals surface area (Å²) in [6.45, 7) is 10.4. The zero-order valence-electron chi connectivity index (χ0n) is 14.7. The molecule has 0 radical (unpaired) electrons. The van der Waals surface area contributed by atoms with Crippen LogP contribution in [0.1, 0.15) is 59.8 Å². The maximum absolute atomic E-state index is 12.0. The molecular weight excluding hydrogens is 276 g/mol. The predicted octanol–water partition coefficient (Wildman–Crippen LogP) is 3.72. The van der Waals surface area contributed by atoms with Crippen molar-refractivity contribution in [1.82, 2.24) is 10.2 Å². The van der Waals surface area contributed by atoms with E-state index in [0.29, 0.717) is 12.6 Å². The number of nitrogens with zero attached hydrogens (tertiary/aromatic N) is 1. The molecule has 126 valence electrons. The molecule has 1 unspecified atom stereocenters. The van der Waals surface area contributed by atoms with Gasteiger partial charge in [0.1, 0.15) is 5.60 Å². The largest absolute Gasteiger partial charge is 0.444 e. The second-order valence-electron chi connectivity index (χ2n) is 7.85. The van der Waals surface area contributed by atoms with Crippen molar-refractivity contribution in [2.24, 2.45) is 5.92 Å². The molecule has 0 aromatic carbocycles. The highest BCUT2D eigenvalue weighted by molar-refractivity contribution is 5.68. The molecule has 1 aliphatic heterocycles. The molecule has 1 saturated carbocycles. The third kappa shape index (κ3) is 5.64. The topological polar surface area (TPSA) is 41.6 Å². The van der Waals surface area contributed by atoms with Crippen molar-refractivity contribution in [2.45, 2.75) is 71.4 Å². The zero-order valence-corrected chi connectivity index (χ0v) is 14.7. The Kier molecular flexibility index (Phi) is 5.90. The zero-order chi connectivity index (χ0) is 16.2. The first-order valence-electron chi connectivity index (χ1n) is 8.73. The van der Waals surface area contributed by atoms with Gasteiger partial charge in [0.05, 0.1) is 0 Å². The molecule has 2 aliphatic rings. The fraction of sp³-hybridized carbons (Fsp3) is 0.833. The Hall–Kier alpha value is -1.03. The number of hydrogen-bond acceptors (Lipinski definition) is 3. The lowest BCUT2D eigenvalue weighted by atomic mass is 9.81. The number of hydrogen-bond donors (Lipinski definition) is 1.